The van der Waals surface area contributed by atoms with E-state index in [9.17, 15) is 13.2 Å². The highest BCUT2D eigenvalue weighted by molar-refractivity contribution is 7.89. The third kappa shape index (κ3) is 4.52. The number of carbonyl (C=O) groups excluding carboxylic acids is 1. The fraction of sp³-hybridized carbons (Fsp3) is 0.263. The lowest BCUT2D eigenvalue weighted by molar-refractivity contribution is 0.0953. The molecule has 0 saturated heterocycles. The van der Waals surface area contributed by atoms with Gasteiger partial charge < -0.3 is 5.32 Å². The van der Waals surface area contributed by atoms with Gasteiger partial charge in [-0.25, -0.2) is 17.7 Å². The van der Waals surface area contributed by atoms with Crippen LogP contribution < -0.4 is 5.32 Å². The predicted molar refractivity (Wildman–Crippen MR) is 108 cm³/mol. The molecule has 1 amide bonds. The summed E-state index contributed by atoms with van der Waals surface area (Å²) in [5, 5.41) is 3.92. The van der Waals surface area contributed by atoms with Gasteiger partial charge in [-0.3, -0.25) is 4.79 Å². The molecule has 0 aliphatic carbocycles. The van der Waals surface area contributed by atoms with E-state index in [1.54, 1.807) is 11.3 Å². The van der Waals surface area contributed by atoms with E-state index in [2.05, 4.69) is 16.4 Å². The molecule has 142 valence electrons. The minimum absolute atomic E-state index is 0.167. The summed E-state index contributed by atoms with van der Waals surface area (Å²) in [5.41, 5.74) is 1.45. The van der Waals surface area contributed by atoms with Gasteiger partial charge in [0.25, 0.3) is 5.91 Å². The third-order valence-corrected chi connectivity index (χ3v) is 7.01. The van der Waals surface area contributed by atoms with Crippen molar-refractivity contribution in [3.63, 3.8) is 0 Å². The SMILES string of the molecule is CN(C)S(=O)(=O)c1ccc(C(=O)NCCCc2nc3ccccc3s2)cc1. The standard InChI is InChI=1S/C19H21N3O3S2/c1-22(2)27(24,25)15-11-9-14(10-12-15)19(23)20-13-5-8-18-21-16-6-3-4-7-17(16)26-18/h3-4,6-7,9-12H,5,8,13H2,1-2H3,(H,20,23). The largest absolute Gasteiger partial charge is 0.352 e. The molecule has 8 heteroatoms. The number of hydrogen-bond donors (Lipinski definition) is 1. The van der Waals surface area contributed by atoms with Gasteiger partial charge in [0.2, 0.25) is 10.0 Å². The highest BCUT2D eigenvalue weighted by Gasteiger charge is 2.17. The lowest BCUT2D eigenvalue weighted by Gasteiger charge is -2.11. The molecule has 27 heavy (non-hydrogen) atoms. The van der Waals surface area contributed by atoms with Crippen LogP contribution in [0.15, 0.2) is 53.4 Å². The van der Waals surface area contributed by atoms with Crippen LogP contribution in [0.3, 0.4) is 0 Å². The maximum Gasteiger partial charge on any atom is 0.251 e. The van der Waals surface area contributed by atoms with E-state index < -0.39 is 10.0 Å². The molecule has 1 aromatic heterocycles. The molecule has 2 aromatic carbocycles. The smallest absolute Gasteiger partial charge is 0.251 e. The Bertz CT molecular complexity index is 1010. The lowest BCUT2D eigenvalue weighted by atomic mass is 10.2. The van der Waals surface area contributed by atoms with E-state index in [0.717, 1.165) is 27.7 Å². The van der Waals surface area contributed by atoms with Crippen molar-refractivity contribution in [3.05, 3.63) is 59.1 Å². The number of aromatic nitrogens is 1. The molecule has 1 N–H and O–H groups in total. The average Bonchev–Trinajstić information content (AvgIpc) is 3.08. The minimum Gasteiger partial charge on any atom is -0.352 e. The topological polar surface area (TPSA) is 79.4 Å². The number of benzene rings is 2. The number of nitrogens with one attached hydrogen (secondary N) is 1. The van der Waals surface area contributed by atoms with Crippen molar-refractivity contribution in [2.24, 2.45) is 0 Å². The van der Waals surface area contributed by atoms with Crippen molar-refractivity contribution < 1.29 is 13.2 Å². The molecular formula is C19H21N3O3S2. The van der Waals surface area contributed by atoms with Crippen LogP contribution >= 0.6 is 11.3 Å². The number of para-hydroxylation sites is 1. The van der Waals surface area contributed by atoms with Crippen molar-refractivity contribution >= 4 is 37.5 Å². The first kappa shape index (κ1) is 19.5. The number of thiazole rings is 1. The third-order valence-electron chi connectivity index (χ3n) is 4.09. The molecule has 3 rings (SSSR count). The fourth-order valence-corrected chi connectivity index (χ4v) is 4.47. The zero-order chi connectivity index (χ0) is 19.4. The lowest BCUT2D eigenvalue weighted by Crippen LogP contribution is -2.25. The van der Waals surface area contributed by atoms with Crippen LogP contribution in [0.1, 0.15) is 21.8 Å². The Balaban J connectivity index is 1.52. The van der Waals surface area contributed by atoms with Crippen molar-refractivity contribution in [1.29, 1.82) is 0 Å². The second-order valence-corrected chi connectivity index (χ2v) is 9.51. The van der Waals surface area contributed by atoms with Crippen LogP contribution in [0.5, 0.6) is 0 Å². The molecule has 0 fully saturated rings. The van der Waals surface area contributed by atoms with Crippen molar-refractivity contribution in [2.75, 3.05) is 20.6 Å². The molecule has 0 atom stereocenters. The Labute approximate surface area is 162 Å². The van der Waals surface area contributed by atoms with E-state index in [0.29, 0.717) is 12.1 Å². The van der Waals surface area contributed by atoms with Crippen molar-refractivity contribution in [3.8, 4) is 0 Å². The second kappa shape index (κ2) is 8.16. The Morgan fingerprint density at radius 1 is 1.11 bits per heavy atom. The highest BCUT2D eigenvalue weighted by atomic mass is 32.2. The molecule has 0 bridgehead atoms. The maximum atomic E-state index is 12.2. The van der Waals surface area contributed by atoms with Crippen molar-refractivity contribution in [1.82, 2.24) is 14.6 Å². The van der Waals surface area contributed by atoms with Crippen LogP contribution in [0.4, 0.5) is 0 Å². The first-order valence-corrected chi connectivity index (χ1v) is 10.8. The summed E-state index contributed by atoms with van der Waals surface area (Å²) in [5.74, 6) is -0.215. The fourth-order valence-electron chi connectivity index (χ4n) is 2.56. The van der Waals surface area contributed by atoms with Gasteiger partial charge in [-0.15, -0.1) is 11.3 Å². The van der Waals surface area contributed by atoms with E-state index in [-0.39, 0.29) is 10.8 Å². The van der Waals surface area contributed by atoms with Gasteiger partial charge >= 0.3 is 0 Å². The molecule has 0 saturated carbocycles. The number of amides is 1. The first-order valence-electron chi connectivity index (χ1n) is 8.53. The van der Waals surface area contributed by atoms with E-state index >= 15 is 0 Å². The number of aryl methyl sites for hydroxylation is 1. The first-order chi connectivity index (χ1) is 12.9. The monoisotopic (exact) mass is 403 g/mol. The van der Waals surface area contributed by atoms with Crippen LogP contribution in [0.25, 0.3) is 10.2 Å². The zero-order valence-corrected chi connectivity index (χ0v) is 16.8. The maximum absolute atomic E-state index is 12.2. The molecular weight excluding hydrogens is 382 g/mol. The molecule has 3 aromatic rings. The number of fused-ring (bicyclic) bond motifs is 1. The van der Waals surface area contributed by atoms with Gasteiger partial charge in [0.05, 0.1) is 20.1 Å². The van der Waals surface area contributed by atoms with Gasteiger partial charge in [0.1, 0.15) is 0 Å². The number of sulfonamides is 1. The molecule has 0 unspecified atom stereocenters. The van der Waals surface area contributed by atoms with Gasteiger partial charge in [-0.05, 0) is 42.8 Å². The van der Waals surface area contributed by atoms with Gasteiger partial charge in [-0.2, -0.15) is 0 Å². The minimum atomic E-state index is -3.49. The van der Waals surface area contributed by atoms with E-state index in [1.165, 1.54) is 43.1 Å². The molecule has 0 radical (unpaired) electrons. The summed E-state index contributed by atoms with van der Waals surface area (Å²) >= 11 is 1.67. The number of nitrogens with zero attached hydrogens (tertiary/aromatic N) is 2. The Kier molecular flexibility index (Phi) is 5.88. The molecule has 0 aliphatic rings. The van der Waals surface area contributed by atoms with Gasteiger partial charge in [0, 0.05) is 32.6 Å². The Morgan fingerprint density at radius 2 is 1.81 bits per heavy atom. The normalized spacial score (nSPS) is 11.8. The average molecular weight is 404 g/mol. The van der Waals surface area contributed by atoms with Gasteiger partial charge in [0.15, 0.2) is 0 Å². The summed E-state index contributed by atoms with van der Waals surface area (Å²) in [7, 11) is -0.539. The van der Waals surface area contributed by atoms with Crippen LogP contribution in [-0.2, 0) is 16.4 Å². The summed E-state index contributed by atoms with van der Waals surface area (Å²) in [4.78, 5) is 17.0. The highest BCUT2D eigenvalue weighted by Crippen LogP contribution is 2.22. The van der Waals surface area contributed by atoms with E-state index in [1.807, 2.05) is 18.2 Å². The van der Waals surface area contributed by atoms with Crippen LogP contribution in [-0.4, -0.2) is 44.3 Å². The number of rotatable bonds is 7. The Morgan fingerprint density at radius 3 is 2.48 bits per heavy atom. The van der Waals surface area contributed by atoms with Crippen molar-refractivity contribution in [2.45, 2.75) is 17.7 Å². The summed E-state index contributed by atoms with van der Waals surface area (Å²) in [6, 6.07) is 14.0. The molecule has 1 heterocycles. The number of carbonyl (C=O) groups is 1. The predicted octanol–water partition coefficient (Wildman–Crippen LogP) is 2.91. The second-order valence-electron chi connectivity index (χ2n) is 6.25. The Hall–Kier alpha value is -2.29. The number of hydrogen-bond acceptors (Lipinski definition) is 5. The zero-order valence-electron chi connectivity index (χ0n) is 15.2. The summed E-state index contributed by atoms with van der Waals surface area (Å²) < 4.78 is 26.4. The molecule has 6 nitrogen and oxygen atoms in total. The molecule has 0 spiro atoms. The van der Waals surface area contributed by atoms with Crippen LogP contribution in [0.2, 0.25) is 0 Å². The molecule has 0 aliphatic heterocycles. The van der Waals surface area contributed by atoms with E-state index in [4.69, 9.17) is 0 Å². The summed E-state index contributed by atoms with van der Waals surface area (Å²) in [6.07, 6.45) is 1.60. The quantitative estimate of drug-likeness (QED) is 0.615. The van der Waals surface area contributed by atoms with Gasteiger partial charge in [-0.1, -0.05) is 12.1 Å². The summed E-state index contributed by atoms with van der Waals surface area (Å²) in [6.45, 7) is 0.534. The van der Waals surface area contributed by atoms with Crippen LogP contribution in [0, 0.1) is 0 Å².